The molecule has 1 heterocycles. The lowest BCUT2D eigenvalue weighted by atomic mass is 10.3. The van der Waals surface area contributed by atoms with Crippen LogP contribution in [0.5, 0.6) is 0 Å². The van der Waals surface area contributed by atoms with E-state index in [0.717, 1.165) is 27.1 Å². The van der Waals surface area contributed by atoms with Crippen LogP contribution in [0.2, 0.25) is 0 Å². The van der Waals surface area contributed by atoms with Gasteiger partial charge in [0.25, 0.3) is 0 Å². The molecule has 0 unspecified atom stereocenters. The number of hydrogen-bond acceptors (Lipinski definition) is 2. The third kappa shape index (κ3) is 1.89. The van der Waals surface area contributed by atoms with Crippen molar-refractivity contribution in [3.63, 3.8) is 0 Å². The first-order valence-electron chi connectivity index (χ1n) is 3.92. The molecule has 0 fully saturated rings. The standard InChI is InChI=1S/C9H9BrN2S/c1-13-5-9-11-7-3-2-6(10)4-8(7)12-9/h2-4H,5H2,1H3,(H,11,12). The van der Waals surface area contributed by atoms with Gasteiger partial charge in [-0.05, 0) is 24.5 Å². The topological polar surface area (TPSA) is 28.7 Å². The second-order valence-electron chi connectivity index (χ2n) is 2.78. The van der Waals surface area contributed by atoms with Gasteiger partial charge < -0.3 is 4.98 Å². The average Bonchev–Trinajstić information content (AvgIpc) is 2.46. The molecule has 13 heavy (non-hydrogen) atoms. The zero-order chi connectivity index (χ0) is 9.26. The Kier molecular flexibility index (Phi) is 2.60. The van der Waals surface area contributed by atoms with Crippen molar-refractivity contribution in [2.24, 2.45) is 0 Å². The molecule has 0 bridgehead atoms. The maximum Gasteiger partial charge on any atom is 0.117 e. The van der Waals surface area contributed by atoms with Crippen LogP contribution >= 0.6 is 27.7 Å². The lowest BCUT2D eigenvalue weighted by molar-refractivity contribution is 1.14. The summed E-state index contributed by atoms with van der Waals surface area (Å²) in [6, 6.07) is 6.07. The Bertz CT molecular complexity index is 424. The number of rotatable bonds is 2. The highest BCUT2D eigenvalue weighted by atomic mass is 79.9. The van der Waals surface area contributed by atoms with Gasteiger partial charge in [-0.3, -0.25) is 0 Å². The van der Waals surface area contributed by atoms with E-state index < -0.39 is 0 Å². The van der Waals surface area contributed by atoms with Crippen LogP contribution in [0.1, 0.15) is 5.82 Å². The van der Waals surface area contributed by atoms with Crippen molar-refractivity contribution in [3.05, 3.63) is 28.5 Å². The lowest BCUT2D eigenvalue weighted by Gasteiger charge is -1.88. The van der Waals surface area contributed by atoms with Crippen molar-refractivity contribution >= 4 is 38.7 Å². The Hall–Kier alpha value is -0.480. The van der Waals surface area contributed by atoms with Crippen LogP contribution < -0.4 is 0 Å². The summed E-state index contributed by atoms with van der Waals surface area (Å²) in [6.45, 7) is 0. The fourth-order valence-corrected chi connectivity index (χ4v) is 2.01. The molecule has 0 aliphatic carbocycles. The zero-order valence-electron chi connectivity index (χ0n) is 7.17. The minimum absolute atomic E-state index is 0.937. The SMILES string of the molecule is CSCc1nc2ccc(Br)cc2[nH]1. The van der Waals surface area contributed by atoms with Gasteiger partial charge in [-0.1, -0.05) is 15.9 Å². The Morgan fingerprint density at radius 2 is 2.38 bits per heavy atom. The van der Waals surface area contributed by atoms with Gasteiger partial charge >= 0.3 is 0 Å². The van der Waals surface area contributed by atoms with E-state index in [2.05, 4.69) is 32.2 Å². The second-order valence-corrected chi connectivity index (χ2v) is 4.56. The maximum absolute atomic E-state index is 4.45. The molecule has 2 aromatic rings. The smallest absolute Gasteiger partial charge is 0.117 e. The molecule has 4 heteroatoms. The number of halogens is 1. The molecule has 0 aliphatic heterocycles. The minimum Gasteiger partial charge on any atom is -0.341 e. The lowest BCUT2D eigenvalue weighted by Crippen LogP contribution is -1.80. The van der Waals surface area contributed by atoms with Crippen LogP contribution in [-0.2, 0) is 5.75 Å². The summed E-state index contributed by atoms with van der Waals surface area (Å²) in [5, 5.41) is 0. The highest BCUT2D eigenvalue weighted by molar-refractivity contribution is 9.10. The van der Waals surface area contributed by atoms with E-state index in [1.807, 2.05) is 18.2 Å². The molecule has 0 saturated carbocycles. The molecule has 68 valence electrons. The number of H-pyrrole nitrogens is 1. The number of aromatic nitrogens is 2. The molecule has 0 spiro atoms. The zero-order valence-corrected chi connectivity index (χ0v) is 9.58. The fraction of sp³-hybridized carbons (Fsp3) is 0.222. The maximum atomic E-state index is 4.45. The molecule has 0 saturated heterocycles. The molecular weight excluding hydrogens is 248 g/mol. The van der Waals surface area contributed by atoms with Gasteiger partial charge in [0, 0.05) is 4.47 Å². The fourth-order valence-electron chi connectivity index (χ4n) is 1.24. The summed E-state index contributed by atoms with van der Waals surface area (Å²) in [5.74, 6) is 1.98. The summed E-state index contributed by atoms with van der Waals surface area (Å²) in [4.78, 5) is 7.72. The third-order valence-electron chi connectivity index (χ3n) is 1.77. The second kappa shape index (κ2) is 3.72. The van der Waals surface area contributed by atoms with Gasteiger partial charge in [-0.15, -0.1) is 0 Å². The predicted molar refractivity (Wildman–Crippen MR) is 61.0 cm³/mol. The van der Waals surface area contributed by atoms with Gasteiger partial charge in [0.2, 0.25) is 0 Å². The number of benzene rings is 1. The normalized spacial score (nSPS) is 10.9. The van der Waals surface area contributed by atoms with Gasteiger partial charge in [0.05, 0.1) is 16.8 Å². The van der Waals surface area contributed by atoms with Crippen molar-refractivity contribution in [1.82, 2.24) is 9.97 Å². The van der Waals surface area contributed by atoms with E-state index >= 15 is 0 Å². The van der Waals surface area contributed by atoms with Crippen LogP contribution in [0.15, 0.2) is 22.7 Å². The Morgan fingerprint density at radius 3 is 3.15 bits per heavy atom. The van der Waals surface area contributed by atoms with Gasteiger partial charge in [-0.25, -0.2) is 4.98 Å². The quantitative estimate of drug-likeness (QED) is 0.895. The summed E-state index contributed by atoms with van der Waals surface area (Å²) >= 11 is 5.20. The first-order chi connectivity index (χ1) is 6.29. The van der Waals surface area contributed by atoms with Crippen LogP contribution in [0, 0.1) is 0 Å². The molecule has 0 radical (unpaired) electrons. The van der Waals surface area contributed by atoms with Gasteiger partial charge in [-0.2, -0.15) is 11.8 Å². The highest BCUT2D eigenvalue weighted by Gasteiger charge is 2.01. The van der Waals surface area contributed by atoms with Gasteiger partial charge in [0.15, 0.2) is 0 Å². The molecular formula is C9H9BrN2S. The average molecular weight is 257 g/mol. The number of aromatic amines is 1. The van der Waals surface area contributed by atoms with Gasteiger partial charge in [0.1, 0.15) is 5.82 Å². The molecule has 1 aromatic heterocycles. The summed E-state index contributed by atoms with van der Waals surface area (Å²) in [5.41, 5.74) is 2.13. The first-order valence-corrected chi connectivity index (χ1v) is 6.11. The summed E-state index contributed by atoms with van der Waals surface area (Å²) < 4.78 is 1.08. The van der Waals surface area contributed by atoms with Crippen molar-refractivity contribution in [2.45, 2.75) is 5.75 Å². The third-order valence-corrected chi connectivity index (χ3v) is 2.83. The largest absolute Gasteiger partial charge is 0.341 e. The van der Waals surface area contributed by atoms with Crippen LogP contribution in [0.25, 0.3) is 11.0 Å². The number of imidazole rings is 1. The van der Waals surface area contributed by atoms with Crippen molar-refractivity contribution in [3.8, 4) is 0 Å². The highest BCUT2D eigenvalue weighted by Crippen LogP contribution is 2.18. The molecule has 0 aliphatic rings. The monoisotopic (exact) mass is 256 g/mol. The Labute approximate surface area is 89.3 Å². The predicted octanol–water partition coefficient (Wildman–Crippen LogP) is 3.19. The molecule has 0 atom stereocenters. The van der Waals surface area contributed by atoms with Crippen molar-refractivity contribution in [1.29, 1.82) is 0 Å². The van der Waals surface area contributed by atoms with E-state index in [4.69, 9.17) is 0 Å². The number of nitrogens with one attached hydrogen (secondary N) is 1. The van der Waals surface area contributed by atoms with E-state index in [9.17, 15) is 0 Å². The number of fused-ring (bicyclic) bond motifs is 1. The molecule has 0 amide bonds. The van der Waals surface area contributed by atoms with E-state index in [0.29, 0.717) is 0 Å². The molecule has 2 nitrogen and oxygen atoms in total. The van der Waals surface area contributed by atoms with Crippen molar-refractivity contribution in [2.75, 3.05) is 6.26 Å². The minimum atomic E-state index is 0.937. The van der Waals surface area contributed by atoms with E-state index in [-0.39, 0.29) is 0 Å². The first kappa shape index (κ1) is 9.09. The van der Waals surface area contributed by atoms with E-state index in [1.165, 1.54) is 0 Å². The number of hydrogen-bond donors (Lipinski definition) is 1. The Balaban J connectivity index is 2.49. The summed E-state index contributed by atoms with van der Waals surface area (Å²) in [6.07, 6.45) is 2.07. The number of nitrogens with zero attached hydrogens (tertiary/aromatic N) is 1. The van der Waals surface area contributed by atoms with Crippen LogP contribution in [0.4, 0.5) is 0 Å². The molecule has 1 N–H and O–H groups in total. The molecule has 2 rings (SSSR count). The van der Waals surface area contributed by atoms with Crippen LogP contribution in [-0.4, -0.2) is 16.2 Å². The Morgan fingerprint density at radius 1 is 1.54 bits per heavy atom. The molecule has 1 aromatic carbocycles. The van der Waals surface area contributed by atoms with E-state index in [1.54, 1.807) is 11.8 Å². The van der Waals surface area contributed by atoms with Crippen LogP contribution in [0.3, 0.4) is 0 Å². The summed E-state index contributed by atoms with van der Waals surface area (Å²) in [7, 11) is 0. The number of thioether (sulfide) groups is 1. The van der Waals surface area contributed by atoms with Crippen molar-refractivity contribution < 1.29 is 0 Å².